The van der Waals surface area contributed by atoms with Crippen LogP contribution in [0.4, 0.5) is 19.0 Å². The van der Waals surface area contributed by atoms with Crippen LogP contribution in [0.15, 0.2) is 55.0 Å². The van der Waals surface area contributed by atoms with Crippen LogP contribution in [0.3, 0.4) is 0 Å². The molecule has 3 aliphatic rings. The minimum Gasteiger partial charge on any atom is -0.508 e. The van der Waals surface area contributed by atoms with Crippen LogP contribution in [0, 0.1) is 24.0 Å². The summed E-state index contributed by atoms with van der Waals surface area (Å²) >= 11 is 0. The molecule has 3 aromatic heterocycles. The van der Waals surface area contributed by atoms with E-state index < -0.39 is 17.8 Å². The maximum atomic E-state index is 16.2. The van der Waals surface area contributed by atoms with Gasteiger partial charge in [-0.2, -0.15) is 4.98 Å². The van der Waals surface area contributed by atoms with E-state index in [1.807, 2.05) is 12.1 Å². The Morgan fingerprint density at radius 1 is 1.09 bits per heavy atom. The zero-order chi connectivity index (χ0) is 32.7. The van der Waals surface area contributed by atoms with Gasteiger partial charge in [0.25, 0.3) is 0 Å². The first-order valence-electron chi connectivity index (χ1n) is 15.7. The molecule has 0 radical (unpaired) electrons. The fourth-order valence-electron chi connectivity index (χ4n) is 7.02. The number of aromatic nitrogens is 4. The average molecular weight is 639 g/mol. The highest BCUT2D eigenvalue weighted by atomic mass is 19.1. The number of pyridine rings is 2. The number of phenols is 1. The number of anilines is 1. The van der Waals surface area contributed by atoms with Crippen LogP contribution in [0.2, 0.25) is 0 Å². The summed E-state index contributed by atoms with van der Waals surface area (Å²) in [5, 5.41) is 11.6. The molecule has 8 nitrogen and oxygen atoms in total. The van der Waals surface area contributed by atoms with Gasteiger partial charge in [-0.15, -0.1) is 6.42 Å². The highest BCUT2D eigenvalue weighted by Gasteiger charge is 2.35. The molecule has 3 fully saturated rings. The fourth-order valence-corrected chi connectivity index (χ4v) is 7.02. The van der Waals surface area contributed by atoms with Gasteiger partial charge in [0.2, 0.25) is 0 Å². The molecule has 6 heterocycles. The molecule has 3 atom stereocenters. The summed E-state index contributed by atoms with van der Waals surface area (Å²) in [4.78, 5) is 21.7. The predicted molar refractivity (Wildman–Crippen MR) is 174 cm³/mol. The zero-order valence-corrected chi connectivity index (χ0v) is 25.8. The maximum Gasteiger partial charge on any atom is 0.316 e. The Morgan fingerprint density at radius 3 is 2.64 bits per heavy atom. The van der Waals surface area contributed by atoms with Crippen LogP contribution in [-0.2, 0) is 6.42 Å². The monoisotopic (exact) mass is 638 g/mol. The third-order valence-corrected chi connectivity index (χ3v) is 9.37. The van der Waals surface area contributed by atoms with Gasteiger partial charge in [-0.05, 0) is 79.9 Å². The number of alkyl halides is 1. The van der Waals surface area contributed by atoms with Gasteiger partial charge in [-0.1, -0.05) is 12.0 Å². The number of aromatic hydroxyl groups is 1. The second-order valence-corrected chi connectivity index (χ2v) is 12.2. The van der Waals surface area contributed by atoms with Crippen molar-refractivity contribution < 1.29 is 23.0 Å². The van der Waals surface area contributed by atoms with E-state index in [1.165, 1.54) is 50.4 Å². The van der Waals surface area contributed by atoms with E-state index in [2.05, 4.69) is 30.7 Å². The SMILES string of the molecule is C#Cc1c(F)ccc2cc(O)cc(-c3nc(N4CCC4Cc4ccncc4)c4cnc(OC)nc4c3F)c12.FC1CC2CCCN2C1. The Balaban J connectivity index is 0.000000334. The summed E-state index contributed by atoms with van der Waals surface area (Å²) in [6.45, 7) is 2.55. The summed E-state index contributed by atoms with van der Waals surface area (Å²) in [6, 6.07) is 10.1. The molecule has 3 aliphatic heterocycles. The normalized spacial score (nSPS) is 20.4. The van der Waals surface area contributed by atoms with Gasteiger partial charge >= 0.3 is 6.01 Å². The third-order valence-electron chi connectivity index (χ3n) is 9.37. The van der Waals surface area contributed by atoms with Gasteiger partial charge in [-0.25, -0.2) is 23.1 Å². The second-order valence-electron chi connectivity index (χ2n) is 12.2. The first kappa shape index (κ1) is 30.7. The fraction of sp³-hybridized carbons (Fsp3) is 0.333. The molecule has 3 saturated heterocycles. The van der Waals surface area contributed by atoms with Crippen molar-refractivity contribution in [3.05, 3.63) is 77.8 Å². The van der Waals surface area contributed by atoms with Crippen molar-refractivity contribution in [2.75, 3.05) is 31.6 Å². The number of ether oxygens (including phenoxy) is 1. The summed E-state index contributed by atoms with van der Waals surface area (Å²) in [5.74, 6) is 1.34. The summed E-state index contributed by atoms with van der Waals surface area (Å²) in [5.41, 5.74) is 1.14. The van der Waals surface area contributed by atoms with Crippen molar-refractivity contribution in [2.24, 2.45) is 0 Å². The Labute approximate surface area is 270 Å². The molecule has 2 aromatic carbocycles. The number of phenolic OH excluding ortho intramolecular Hbond substituents is 1. The molecule has 11 heteroatoms. The first-order valence-corrected chi connectivity index (χ1v) is 15.7. The number of halogens is 3. The van der Waals surface area contributed by atoms with E-state index in [0.29, 0.717) is 35.7 Å². The summed E-state index contributed by atoms with van der Waals surface area (Å²) in [6.07, 6.45) is 15.1. The summed E-state index contributed by atoms with van der Waals surface area (Å²) in [7, 11) is 1.40. The van der Waals surface area contributed by atoms with Crippen LogP contribution < -0.4 is 9.64 Å². The number of terminal acetylenes is 1. The van der Waals surface area contributed by atoms with Crippen LogP contribution in [-0.4, -0.2) is 74.9 Å². The van der Waals surface area contributed by atoms with Crippen LogP contribution in [0.5, 0.6) is 11.8 Å². The van der Waals surface area contributed by atoms with Crippen molar-refractivity contribution >= 4 is 27.5 Å². The van der Waals surface area contributed by atoms with E-state index in [1.54, 1.807) is 12.4 Å². The number of benzene rings is 2. The number of hydrogen-bond acceptors (Lipinski definition) is 8. The largest absolute Gasteiger partial charge is 0.508 e. The van der Waals surface area contributed by atoms with Gasteiger partial charge in [0.1, 0.15) is 34.8 Å². The van der Waals surface area contributed by atoms with E-state index in [9.17, 15) is 13.9 Å². The number of rotatable bonds is 5. The smallest absolute Gasteiger partial charge is 0.316 e. The molecular weight excluding hydrogens is 605 g/mol. The minimum atomic E-state index is -0.755. The van der Waals surface area contributed by atoms with Crippen molar-refractivity contribution in [1.29, 1.82) is 0 Å². The van der Waals surface area contributed by atoms with Crippen LogP contribution in [0.25, 0.3) is 32.9 Å². The second kappa shape index (κ2) is 12.7. The van der Waals surface area contributed by atoms with Crippen LogP contribution >= 0.6 is 0 Å². The lowest BCUT2D eigenvalue weighted by molar-refractivity contribution is 0.292. The average Bonchev–Trinajstić information content (AvgIpc) is 3.66. The first-order chi connectivity index (χ1) is 22.8. The van der Waals surface area contributed by atoms with Gasteiger partial charge in [-0.3, -0.25) is 9.88 Å². The van der Waals surface area contributed by atoms with E-state index in [4.69, 9.17) is 16.1 Å². The predicted octanol–water partition coefficient (Wildman–Crippen LogP) is 6.23. The molecular formula is C36H33F3N6O2. The summed E-state index contributed by atoms with van der Waals surface area (Å²) < 4.78 is 48.7. The molecule has 8 rings (SSSR count). The number of methoxy groups -OCH3 is 1. The molecule has 5 aromatic rings. The Morgan fingerprint density at radius 2 is 1.91 bits per heavy atom. The highest BCUT2D eigenvalue weighted by Crippen LogP contribution is 2.41. The molecule has 0 spiro atoms. The lowest BCUT2D eigenvalue weighted by atomic mass is 9.94. The van der Waals surface area contributed by atoms with Gasteiger partial charge in [0.05, 0.1) is 18.1 Å². The van der Waals surface area contributed by atoms with Gasteiger partial charge in [0, 0.05) is 54.7 Å². The number of nitrogens with zero attached hydrogens (tertiary/aromatic N) is 6. The maximum absolute atomic E-state index is 16.2. The number of fused-ring (bicyclic) bond motifs is 3. The van der Waals surface area contributed by atoms with E-state index >= 15 is 4.39 Å². The van der Waals surface area contributed by atoms with Crippen molar-refractivity contribution in [3.8, 4) is 35.4 Å². The molecule has 0 saturated carbocycles. The number of hydrogen-bond donors (Lipinski definition) is 1. The topological polar surface area (TPSA) is 87.5 Å². The van der Waals surface area contributed by atoms with E-state index in [0.717, 1.165) is 31.4 Å². The Kier molecular flexibility index (Phi) is 8.28. The van der Waals surface area contributed by atoms with Crippen molar-refractivity contribution in [2.45, 2.75) is 50.4 Å². The molecule has 0 bridgehead atoms. The molecule has 3 unspecified atom stereocenters. The van der Waals surface area contributed by atoms with E-state index in [-0.39, 0.29) is 45.5 Å². The Bertz CT molecular complexity index is 1990. The minimum absolute atomic E-state index is 0.00145. The van der Waals surface area contributed by atoms with Gasteiger partial charge in [0.15, 0.2) is 5.82 Å². The quantitative estimate of drug-likeness (QED) is 0.227. The Hall–Kier alpha value is -4.95. The molecule has 240 valence electrons. The molecule has 47 heavy (non-hydrogen) atoms. The van der Waals surface area contributed by atoms with Gasteiger partial charge < -0.3 is 14.7 Å². The third kappa shape index (κ3) is 5.78. The van der Waals surface area contributed by atoms with Crippen molar-refractivity contribution in [3.63, 3.8) is 0 Å². The zero-order valence-electron chi connectivity index (χ0n) is 25.8. The molecule has 0 amide bonds. The molecule has 0 aliphatic carbocycles. The van der Waals surface area contributed by atoms with Crippen LogP contribution in [0.1, 0.15) is 36.8 Å². The highest BCUT2D eigenvalue weighted by molar-refractivity contribution is 6.03. The van der Waals surface area contributed by atoms with Crippen molar-refractivity contribution in [1.82, 2.24) is 24.8 Å². The lowest BCUT2D eigenvalue weighted by Crippen LogP contribution is -2.49. The standard InChI is InChI=1S/C29H21F2N5O2.C7H12FN/c1-3-20-23(30)5-4-17-13-19(37)14-21(24(17)20)26-25(31)27-22(15-33-29(35-27)38-2)28(34-26)36-11-8-18(36)12-16-6-9-32-10-7-16;8-6-4-7-2-1-3-9(7)5-6/h1,4-7,9-10,13-15,18,37H,8,11-12H2,2H3;6-7H,1-5H2. The molecule has 1 N–H and O–H groups in total. The lowest BCUT2D eigenvalue weighted by Gasteiger charge is -2.42.